The van der Waals surface area contributed by atoms with Crippen LogP contribution in [-0.2, 0) is 9.53 Å². The van der Waals surface area contributed by atoms with Crippen LogP contribution in [0.5, 0.6) is 5.75 Å². The van der Waals surface area contributed by atoms with Crippen LogP contribution < -0.4 is 20.7 Å². The van der Waals surface area contributed by atoms with E-state index in [9.17, 15) is 9.18 Å². The lowest BCUT2D eigenvalue weighted by Crippen LogP contribution is -2.46. The molecule has 1 fully saturated rings. The highest BCUT2D eigenvalue weighted by atomic mass is 19.1. The van der Waals surface area contributed by atoms with Gasteiger partial charge in [0.25, 0.3) is 5.91 Å². The number of hydrogen-bond acceptors (Lipinski definition) is 8. The van der Waals surface area contributed by atoms with E-state index in [0.29, 0.717) is 17.5 Å². The predicted octanol–water partition coefficient (Wildman–Crippen LogP) is 4.50. The van der Waals surface area contributed by atoms with Crippen molar-refractivity contribution in [2.24, 2.45) is 0 Å². The molecule has 0 radical (unpaired) electrons. The number of amides is 1. The zero-order valence-electron chi connectivity index (χ0n) is 18.9. The van der Waals surface area contributed by atoms with E-state index in [-0.39, 0.29) is 23.5 Å². The van der Waals surface area contributed by atoms with Gasteiger partial charge in [-0.05, 0) is 62.4 Å². The van der Waals surface area contributed by atoms with Gasteiger partial charge < -0.3 is 25.4 Å². The summed E-state index contributed by atoms with van der Waals surface area (Å²) >= 11 is 0. The van der Waals surface area contributed by atoms with Gasteiger partial charge in [0.15, 0.2) is 28.8 Å². The highest BCUT2D eigenvalue weighted by Gasteiger charge is 2.36. The topological polar surface area (TPSA) is 110 Å². The fraction of sp³-hybridized carbons (Fsp3) is 0.333. The van der Waals surface area contributed by atoms with E-state index in [1.807, 2.05) is 12.1 Å². The molecule has 9 nitrogen and oxygen atoms in total. The van der Waals surface area contributed by atoms with Gasteiger partial charge in [0.2, 0.25) is 5.95 Å². The lowest BCUT2D eigenvalue weighted by atomic mass is 9.92. The smallest absolute Gasteiger partial charge is 0.269 e. The number of benzene rings is 1. The Hall–Kier alpha value is -3.79. The Labute approximate surface area is 196 Å². The Morgan fingerprint density at radius 3 is 2.59 bits per heavy atom. The number of carbonyl (C=O) groups excluding carboxylic acids is 1. The second kappa shape index (κ2) is 8.86. The molecule has 34 heavy (non-hydrogen) atoms. The van der Waals surface area contributed by atoms with Gasteiger partial charge in [-0.2, -0.15) is 4.98 Å². The average Bonchev–Trinajstić information content (AvgIpc) is 2.83. The summed E-state index contributed by atoms with van der Waals surface area (Å²) < 4.78 is 25.5. The maximum atomic E-state index is 14.4. The van der Waals surface area contributed by atoms with Gasteiger partial charge in [0, 0.05) is 18.9 Å². The first-order chi connectivity index (χ1) is 16.4. The highest BCUT2D eigenvalue weighted by Crippen LogP contribution is 2.34. The number of anilines is 5. The molecular formula is C24H25FN6O3. The molecule has 2 aliphatic heterocycles. The normalized spacial score (nSPS) is 17.3. The van der Waals surface area contributed by atoms with Crippen LogP contribution in [0.3, 0.4) is 0 Å². The number of fused-ring (bicyclic) bond motifs is 1. The van der Waals surface area contributed by atoms with E-state index in [4.69, 9.17) is 9.47 Å². The summed E-state index contributed by atoms with van der Waals surface area (Å²) in [6.45, 7) is 4.92. The summed E-state index contributed by atoms with van der Waals surface area (Å²) in [6.07, 6.45) is 3.13. The molecule has 4 heterocycles. The van der Waals surface area contributed by atoms with Crippen LogP contribution in [0.1, 0.15) is 38.2 Å². The van der Waals surface area contributed by atoms with Crippen LogP contribution in [-0.4, -0.2) is 39.7 Å². The molecule has 3 N–H and O–H groups in total. The summed E-state index contributed by atoms with van der Waals surface area (Å²) in [4.78, 5) is 24.7. The van der Waals surface area contributed by atoms with Crippen molar-refractivity contribution in [1.29, 1.82) is 0 Å². The Kier molecular flexibility index (Phi) is 5.74. The standard InChI is InChI=1S/C24H25FN6O3/c1-24(2)22(32)30-21-18(34-24)7-8-19(29-21)28-20-17(25)13-26-23(31-20)27-16-5-3-14(4-6-16)15-9-11-33-12-10-15/h3-8,13,15H,9-12H2,1-2H3,(H3,26,27,28,29,30,31,32). The largest absolute Gasteiger partial charge is 0.474 e. The summed E-state index contributed by atoms with van der Waals surface area (Å²) in [7, 11) is 0. The third-order valence-corrected chi connectivity index (χ3v) is 5.85. The van der Waals surface area contributed by atoms with E-state index in [1.165, 1.54) is 5.56 Å². The first kappa shape index (κ1) is 22.0. The second-order valence-electron chi connectivity index (χ2n) is 8.76. The zero-order chi connectivity index (χ0) is 23.7. The first-order valence-corrected chi connectivity index (χ1v) is 11.1. The number of halogens is 1. The number of ether oxygens (including phenoxy) is 2. The SMILES string of the molecule is CC1(C)Oc2ccc(Nc3nc(Nc4ccc(C5CCOCC5)cc4)ncc3F)nc2NC1=O. The number of pyridine rings is 1. The zero-order valence-corrected chi connectivity index (χ0v) is 18.9. The lowest BCUT2D eigenvalue weighted by Gasteiger charge is -2.30. The minimum Gasteiger partial charge on any atom is -0.474 e. The van der Waals surface area contributed by atoms with E-state index in [1.54, 1.807) is 26.0 Å². The van der Waals surface area contributed by atoms with Crippen molar-refractivity contribution in [3.63, 3.8) is 0 Å². The van der Waals surface area contributed by atoms with Gasteiger partial charge in [-0.1, -0.05) is 12.1 Å². The van der Waals surface area contributed by atoms with Crippen molar-refractivity contribution in [3.05, 3.63) is 54.0 Å². The lowest BCUT2D eigenvalue weighted by molar-refractivity contribution is -0.129. The van der Waals surface area contributed by atoms with E-state index in [2.05, 4.69) is 43.0 Å². The third kappa shape index (κ3) is 4.62. The van der Waals surface area contributed by atoms with Crippen molar-refractivity contribution in [3.8, 4) is 5.75 Å². The molecule has 3 aromatic rings. The molecule has 1 aromatic carbocycles. The van der Waals surface area contributed by atoms with Gasteiger partial charge in [-0.15, -0.1) is 0 Å². The van der Waals surface area contributed by atoms with Crippen LogP contribution in [0.2, 0.25) is 0 Å². The molecule has 0 aliphatic carbocycles. The minimum atomic E-state index is -0.994. The van der Waals surface area contributed by atoms with Crippen molar-refractivity contribution in [1.82, 2.24) is 15.0 Å². The molecule has 0 bridgehead atoms. The number of carbonyl (C=O) groups is 1. The number of hydrogen-bond donors (Lipinski definition) is 3. The Morgan fingerprint density at radius 2 is 1.82 bits per heavy atom. The molecule has 1 amide bonds. The molecular weight excluding hydrogens is 439 g/mol. The summed E-state index contributed by atoms with van der Waals surface area (Å²) in [5, 5.41) is 8.64. The third-order valence-electron chi connectivity index (χ3n) is 5.85. The summed E-state index contributed by atoms with van der Waals surface area (Å²) in [5.41, 5.74) is 1.07. The van der Waals surface area contributed by atoms with Crippen molar-refractivity contribution in [2.75, 3.05) is 29.2 Å². The molecule has 5 rings (SSSR count). The molecule has 176 valence electrons. The number of aromatic nitrogens is 3. The van der Waals surface area contributed by atoms with E-state index in [0.717, 1.165) is 37.9 Å². The maximum Gasteiger partial charge on any atom is 0.269 e. The van der Waals surface area contributed by atoms with Gasteiger partial charge in [0.05, 0.1) is 6.20 Å². The van der Waals surface area contributed by atoms with Crippen molar-refractivity contribution >= 4 is 35.0 Å². The predicted molar refractivity (Wildman–Crippen MR) is 125 cm³/mol. The van der Waals surface area contributed by atoms with E-state index < -0.39 is 11.4 Å². The van der Waals surface area contributed by atoms with Crippen LogP contribution in [0.4, 0.5) is 33.5 Å². The quantitative estimate of drug-likeness (QED) is 0.506. The minimum absolute atomic E-state index is 0.0489. The van der Waals surface area contributed by atoms with E-state index >= 15 is 0 Å². The van der Waals surface area contributed by atoms with Gasteiger partial charge >= 0.3 is 0 Å². The van der Waals surface area contributed by atoms with Gasteiger partial charge in [-0.3, -0.25) is 4.79 Å². The fourth-order valence-electron chi connectivity index (χ4n) is 3.90. The Morgan fingerprint density at radius 1 is 1.06 bits per heavy atom. The van der Waals surface area contributed by atoms with Crippen molar-refractivity contribution < 1.29 is 18.7 Å². The monoisotopic (exact) mass is 464 g/mol. The summed E-state index contributed by atoms with van der Waals surface area (Å²) in [6, 6.07) is 11.4. The Bertz CT molecular complexity index is 1210. The van der Waals surface area contributed by atoms with Crippen LogP contribution in [0, 0.1) is 5.82 Å². The summed E-state index contributed by atoms with van der Waals surface area (Å²) in [5.74, 6) is 0.731. The number of nitrogens with one attached hydrogen (secondary N) is 3. The second-order valence-corrected chi connectivity index (χ2v) is 8.76. The van der Waals surface area contributed by atoms with Gasteiger partial charge in [0.1, 0.15) is 5.82 Å². The van der Waals surface area contributed by atoms with Crippen LogP contribution in [0.15, 0.2) is 42.6 Å². The molecule has 0 unspecified atom stereocenters. The number of rotatable bonds is 5. The fourth-order valence-corrected chi connectivity index (χ4v) is 3.90. The van der Waals surface area contributed by atoms with Gasteiger partial charge in [-0.25, -0.2) is 14.4 Å². The molecule has 1 saturated heterocycles. The Balaban J connectivity index is 1.30. The molecule has 0 saturated carbocycles. The number of nitrogens with zero attached hydrogens (tertiary/aromatic N) is 3. The first-order valence-electron chi connectivity index (χ1n) is 11.1. The molecule has 2 aromatic heterocycles. The molecule has 10 heteroatoms. The average molecular weight is 465 g/mol. The van der Waals surface area contributed by atoms with Crippen LogP contribution >= 0.6 is 0 Å². The van der Waals surface area contributed by atoms with Crippen LogP contribution in [0.25, 0.3) is 0 Å². The maximum absolute atomic E-state index is 14.4. The molecule has 2 aliphatic rings. The van der Waals surface area contributed by atoms with Crippen molar-refractivity contribution in [2.45, 2.75) is 38.2 Å². The molecule has 0 spiro atoms. The molecule has 0 atom stereocenters. The highest BCUT2D eigenvalue weighted by molar-refractivity contribution is 5.99.